The van der Waals surface area contributed by atoms with E-state index >= 15 is 0 Å². The fraction of sp³-hybridized carbons (Fsp3) is 0.571. The van der Waals surface area contributed by atoms with E-state index < -0.39 is 0 Å². The van der Waals surface area contributed by atoms with Crippen LogP contribution in [-0.2, 0) is 6.54 Å². The van der Waals surface area contributed by atoms with Gasteiger partial charge >= 0.3 is 0 Å². The second-order valence-corrected chi connectivity index (χ2v) is 5.63. The van der Waals surface area contributed by atoms with E-state index in [1.54, 1.807) is 12.1 Å². The second kappa shape index (κ2) is 5.16. The van der Waals surface area contributed by atoms with E-state index in [-0.39, 0.29) is 5.82 Å². The molecular weight excluding hydrogens is 251 g/mol. The Hall–Kier alpha value is -0.640. The molecule has 1 aromatic carbocycles. The molecule has 0 amide bonds. The molecule has 3 rings (SSSR count). The molecule has 2 aliphatic rings. The number of hydrogen-bond acceptors (Lipinski definition) is 2. The predicted octanol–water partition coefficient (Wildman–Crippen LogP) is 2.81. The molecular formula is C14H18ClFN2. The van der Waals surface area contributed by atoms with Gasteiger partial charge in [-0.3, -0.25) is 4.90 Å². The fourth-order valence-corrected chi connectivity index (χ4v) is 3.48. The van der Waals surface area contributed by atoms with E-state index in [1.807, 2.05) is 0 Å². The van der Waals surface area contributed by atoms with Crippen molar-refractivity contribution in [3.63, 3.8) is 0 Å². The minimum absolute atomic E-state index is 0.212. The molecule has 1 N–H and O–H groups in total. The Labute approximate surface area is 112 Å². The summed E-state index contributed by atoms with van der Waals surface area (Å²) in [4.78, 5) is 2.54. The third-order valence-corrected chi connectivity index (χ3v) is 4.56. The van der Waals surface area contributed by atoms with Gasteiger partial charge in [0.2, 0.25) is 0 Å². The van der Waals surface area contributed by atoms with E-state index in [4.69, 9.17) is 11.6 Å². The summed E-state index contributed by atoms with van der Waals surface area (Å²) < 4.78 is 13.7. The number of benzene rings is 1. The lowest BCUT2D eigenvalue weighted by atomic mass is 10.1. The molecule has 2 heterocycles. The first kappa shape index (κ1) is 12.4. The number of halogens is 2. The summed E-state index contributed by atoms with van der Waals surface area (Å²) in [6.45, 7) is 2.93. The van der Waals surface area contributed by atoms with E-state index in [9.17, 15) is 4.39 Å². The van der Waals surface area contributed by atoms with Gasteiger partial charge in [-0.05, 0) is 37.9 Å². The molecule has 2 aliphatic heterocycles. The average Bonchev–Trinajstić information content (AvgIpc) is 2.92. The molecule has 0 spiro atoms. The van der Waals surface area contributed by atoms with E-state index in [2.05, 4.69) is 10.2 Å². The van der Waals surface area contributed by atoms with Gasteiger partial charge in [-0.25, -0.2) is 4.39 Å². The Balaban J connectivity index is 1.64. The van der Waals surface area contributed by atoms with Crippen molar-refractivity contribution >= 4 is 11.6 Å². The van der Waals surface area contributed by atoms with Crippen molar-refractivity contribution in [3.8, 4) is 0 Å². The van der Waals surface area contributed by atoms with Crippen molar-refractivity contribution in [1.29, 1.82) is 0 Å². The zero-order chi connectivity index (χ0) is 12.5. The van der Waals surface area contributed by atoms with Crippen LogP contribution in [-0.4, -0.2) is 30.1 Å². The fourth-order valence-electron chi connectivity index (χ4n) is 3.25. The first-order valence-electron chi connectivity index (χ1n) is 6.66. The highest BCUT2D eigenvalue weighted by Gasteiger charge is 2.36. The maximum absolute atomic E-state index is 13.7. The lowest BCUT2D eigenvalue weighted by molar-refractivity contribution is 0.298. The molecule has 0 bridgehead atoms. The van der Waals surface area contributed by atoms with Gasteiger partial charge < -0.3 is 5.32 Å². The Morgan fingerprint density at radius 3 is 3.06 bits per heavy atom. The SMILES string of the molecule is Fc1cccc(Cl)c1CNC1CCN2CCCC12. The third kappa shape index (κ3) is 2.27. The summed E-state index contributed by atoms with van der Waals surface area (Å²) in [6.07, 6.45) is 3.72. The number of hydrogen-bond donors (Lipinski definition) is 1. The van der Waals surface area contributed by atoms with Gasteiger partial charge in [0.05, 0.1) is 0 Å². The van der Waals surface area contributed by atoms with E-state index in [0.29, 0.717) is 29.2 Å². The van der Waals surface area contributed by atoms with Crippen molar-refractivity contribution in [3.05, 3.63) is 34.6 Å². The molecule has 0 aliphatic carbocycles. The lowest BCUT2D eigenvalue weighted by Crippen LogP contribution is -2.38. The maximum atomic E-state index is 13.7. The standard InChI is InChI=1S/C14H18ClFN2/c15-11-3-1-4-12(16)10(11)9-17-13-6-8-18-7-2-5-14(13)18/h1,3-4,13-14,17H,2,5-9H2. The minimum Gasteiger partial charge on any atom is -0.308 e. The maximum Gasteiger partial charge on any atom is 0.129 e. The van der Waals surface area contributed by atoms with Crippen LogP contribution in [0.3, 0.4) is 0 Å². The van der Waals surface area contributed by atoms with Crippen LogP contribution in [0, 0.1) is 5.82 Å². The van der Waals surface area contributed by atoms with Gasteiger partial charge in [-0.1, -0.05) is 17.7 Å². The largest absolute Gasteiger partial charge is 0.308 e. The normalized spacial score (nSPS) is 27.7. The van der Waals surface area contributed by atoms with Crippen molar-refractivity contribution in [1.82, 2.24) is 10.2 Å². The Morgan fingerprint density at radius 1 is 1.33 bits per heavy atom. The molecule has 2 fully saturated rings. The van der Waals surface area contributed by atoms with Gasteiger partial charge in [0.1, 0.15) is 5.82 Å². The Bertz CT molecular complexity index is 418. The Kier molecular flexibility index (Phi) is 3.55. The van der Waals surface area contributed by atoms with Gasteiger partial charge in [0, 0.05) is 35.8 Å². The summed E-state index contributed by atoms with van der Waals surface area (Å²) in [5.74, 6) is -0.212. The van der Waals surface area contributed by atoms with E-state index in [0.717, 1.165) is 6.42 Å². The number of fused-ring (bicyclic) bond motifs is 1. The van der Waals surface area contributed by atoms with Crippen LogP contribution >= 0.6 is 11.6 Å². The summed E-state index contributed by atoms with van der Waals surface area (Å²) in [5, 5.41) is 4.00. The topological polar surface area (TPSA) is 15.3 Å². The zero-order valence-corrected chi connectivity index (χ0v) is 11.1. The second-order valence-electron chi connectivity index (χ2n) is 5.22. The van der Waals surface area contributed by atoms with Gasteiger partial charge in [0.15, 0.2) is 0 Å². The zero-order valence-electron chi connectivity index (χ0n) is 10.3. The van der Waals surface area contributed by atoms with Gasteiger partial charge in [-0.2, -0.15) is 0 Å². The first-order valence-corrected chi connectivity index (χ1v) is 7.04. The van der Waals surface area contributed by atoms with Gasteiger partial charge in [0.25, 0.3) is 0 Å². The van der Waals surface area contributed by atoms with Crippen LogP contribution in [0.2, 0.25) is 5.02 Å². The van der Waals surface area contributed by atoms with Crippen molar-refractivity contribution < 1.29 is 4.39 Å². The summed E-state index contributed by atoms with van der Waals surface area (Å²) >= 11 is 6.04. The molecule has 1 aromatic rings. The molecule has 2 saturated heterocycles. The highest BCUT2D eigenvalue weighted by atomic mass is 35.5. The smallest absolute Gasteiger partial charge is 0.129 e. The molecule has 2 unspecified atom stereocenters. The third-order valence-electron chi connectivity index (χ3n) is 4.21. The molecule has 18 heavy (non-hydrogen) atoms. The highest BCUT2D eigenvalue weighted by Crippen LogP contribution is 2.28. The predicted molar refractivity (Wildman–Crippen MR) is 71.2 cm³/mol. The van der Waals surface area contributed by atoms with Crippen LogP contribution in [0.25, 0.3) is 0 Å². The first-order chi connectivity index (χ1) is 8.75. The van der Waals surface area contributed by atoms with Crippen LogP contribution in [0.15, 0.2) is 18.2 Å². The quantitative estimate of drug-likeness (QED) is 0.907. The number of nitrogens with zero attached hydrogens (tertiary/aromatic N) is 1. The molecule has 0 aromatic heterocycles. The summed E-state index contributed by atoms with van der Waals surface area (Å²) in [5.41, 5.74) is 0.593. The average molecular weight is 269 g/mol. The monoisotopic (exact) mass is 268 g/mol. The summed E-state index contributed by atoms with van der Waals surface area (Å²) in [6, 6.07) is 6.01. The lowest BCUT2D eigenvalue weighted by Gasteiger charge is -2.21. The molecule has 98 valence electrons. The van der Waals surface area contributed by atoms with Crippen molar-refractivity contribution in [2.24, 2.45) is 0 Å². The minimum atomic E-state index is -0.212. The molecule has 2 nitrogen and oxygen atoms in total. The highest BCUT2D eigenvalue weighted by molar-refractivity contribution is 6.31. The van der Waals surface area contributed by atoms with Crippen molar-refractivity contribution in [2.75, 3.05) is 13.1 Å². The molecule has 0 saturated carbocycles. The summed E-state index contributed by atoms with van der Waals surface area (Å²) in [7, 11) is 0. The number of nitrogens with one attached hydrogen (secondary N) is 1. The van der Waals surface area contributed by atoms with Crippen LogP contribution < -0.4 is 5.32 Å². The van der Waals surface area contributed by atoms with Gasteiger partial charge in [-0.15, -0.1) is 0 Å². The van der Waals surface area contributed by atoms with Crippen LogP contribution in [0.5, 0.6) is 0 Å². The van der Waals surface area contributed by atoms with Crippen LogP contribution in [0.1, 0.15) is 24.8 Å². The molecule has 0 radical (unpaired) electrons. The van der Waals surface area contributed by atoms with Crippen LogP contribution in [0.4, 0.5) is 4.39 Å². The Morgan fingerprint density at radius 2 is 2.22 bits per heavy atom. The van der Waals surface area contributed by atoms with Crippen molar-refractivity contribution in [2.45, 2.75) is 37.9 Å². The number of rotatable bonds is 3. The molecule has 2 atom stereocenters. The van der Waals surface area contributed by atoms with E-state index in [1.165, 1.54) is 32.0 Å². The molecule has 4 heteroatoms.